The minimum Gasteiger partial charge on any atom is -0.491 e. The molecule has 1 N–H and O–H groups in total. The molecule has 3 atom stereocenters. The molecule has 0 fully saturated rings. The van der Waals surface area contributed by atoms with Gasteiger partial charge in [0.25, 0.3) is 11.8 Å². The van der Waals surface area contributed by atoms with Gasteiger partial charge in [-0.05, 0) is 31.2 Å². The number of likely N-dealkylation sites (N-methyl/N-ethyl adjacent to an activating group) is 1. The van der Waals surface area contributed by atoms with E-state index in [-0.39, 0.29) is 42.4 Å². The highest BCUT2D eigenvalue weighted by molar-refractivity contribution is 5.98. The van der Waals surface area contributed by atoms with Crippen LogP contribution in [0.4, 0.5) is 5.69 Å². The van der Waals surface area contributed by atoms with E-state index in [9.17, 15) is 14.4 Å². The molecule has 3 rings (SSSR count). The molecule has 0 saturated carbocycles. The molecule has 1 aliphatic rings. The summed E-state index contributed by atoms with van der Waals surface area (Å²) in [5.74, 6) is -0.367. The number of carbonyl (C=O) groups is 3. The highest BCUT2D eigenvalue weighted by Crippen LogP contribution is 2.27. The van der Waals surface area contributed by atoms with E-state index in [1.165, 1.54) is 6.92 Å². The molecule has 1 aromatic heterocycles. The second-order valence-electron chi connectivity index (χ2n) is 8.66. The molecule has 34 heavy (non-hydrogen) atoms. The number of benzene rings is 1. The number of carbonyl (C=O) groups excluding carboxylic acids is 3. The van der Waals surface area contributed by atoms with E-state index in [1.54, 1.807) is 66.6 Å². The maximum Gasteiger partial charge on any atom is 0.272 e. The Bertz CT molecular complexity index is 1030. The lowest BCUT2D eigenvalue weighted by Gasteiger charge is -2.36. The number of aromatic nitrogens is 1. The molecule has 0 bridgehead atoms. The summed E-state index contributed by atoms with van der Waals surface area (Å²) >= 11 is 0. The Hall–Kier alpha value is -3.46. The largest absolute Gasteiger partial charge is 0.491 e. The molecule has 0 spiro atoms. The number of amides is 3. The van der Waals surface area contributed by atoms with Crippen molar-refractivity contribution < 1.29 is 23.9 Å². The van der Waals surface area contributed by atoms with Crippen molar-refractivity contribution in [3.05, 3.63) is 53.9 Å². The minimum absolute atomic E-state index is 0.0589. The molecular weight excluding hydrogens is 436 g/mol. The van der Waals surface area contributed by atoms with Gasteiger partial charge in [-0.25, -0.2) is 0 Å². The first-order valence-electron chi connectivity index (χ1n) is 11.3. The van der Waals surface area contributed by atoms with Crippen LogP contribution < -0.4 is 10.1 Å². The summed E-state index contributed by atoms with van der Waals surface area (Å²) in [6, 6.07) is 9.84. The van der Waals surface area contributed by atoms with Gasteiger partial charge in [0.05, 0.1) is 17.7 Å². The number of rotatable bonds is 3. The van der Waals surface area contributed by atoms with Crippen molar-refractivity contribution in [2.75, 3.05) is 39.2 Å². The van der Waals surface area contributed by atoms with Crippen molar-refractivity contribution in [1.29, 1.82) is 0 Å². The Kier molecular flexibility index (Phi) is 8.22. The van der Waals surface area contributed by atoms with E-state index in [0.29, 0.717) is 35.8 Å². The molecule has 0 unspecified atom stereocenters. The first kappa shape index (κ1) is 25.2. The number of pyridine rings is 1. The molecule has 2 aromatic rings. The van der Waals surface area contributed by atoms with Crippen LogP contribution in [0.25, 0.3) is 0 Å². The first-order valence-corrected chi connectivity index (χ1v) is 11.3. The Balaban J connectivity index is 2.00. The van der Waals surface area contributed by atoms with Crippen molar-refractivity contribution in [3.8, 4) is 5.75 Å². The topological polar surface area (TPSA) is 101 Å². The molecule has 1 aliphatic heterocycles. The van der Waals surface area contributed by atoms with Crippen molar-refractivity contribution in [2.24, 2.45) is 5.92 Å². The first-order chi connectivity index (χ1) is 16.2. The number of ether oxygens (including phenoxy) is 2. The maximum atomic E-state index is 13.4. The third-order valence-corrected chi connectivity index (χ3v) is 5.91. The Morgan fingerprint density at radius 2 is 1.94 bits per heavy atom. The van der Waals surface area contributed by atoms with E-state index in [4.69, 9.17) is 9.47 Å². The van der Waals surface area contributed by atoms with Crippen molar-refractivity contribution >= 4 is 23.4 Å². The van der Waals surface area contributed by atoms with Gasteiger partial charge in [0, 0.05) is 58.0 Å². The second kappa shape index (κ2) is 11.1. The average molecular weight is 469 g/mol. The number of anilines is 1. The predicted molar refractivity (Wildman–Crippen MR) is 128 cm³/mol. The fourth-order valence-corrected chi connectivity index (χ4v) is 3.97. The van der Waals surface area contributed by atoms with Gasteiger partial charge in [0.15, 0.2) is 0 Å². The summed E-state index contributed by atoms with van der Waals surface area (Å²) in [5.41, 5.74) is 1.24. The van der Waals surface area contributed by atoms with Gasteiger partial charge in [-0.2, -0.15) is 0 Å². The summed E-state index contributed by atoms with van der Waals surface area (Å²) < 4.78 is 11.8. The van der Waals surface area contributed by atoms with Gasteiger partial charge in [-0.3, -0.25) is 19.4 Å². The monoisotopic (exact) mass is 468 g/mol. The van der Waals surface area contributed by atoms with Crippen LogP contribution in [0.1, 0.15) is 41.6 Å². The van der Waals surface area contributed by atoms with Crippen LogP contribution in [0.15, 0.2) is 42.6 Å². The number of hydrogen-bond acceptors (Lipinski definition) is 6. The molecule has 3 amide bonds. The third-order valence-electron chi connectivity index (χ3n) is 5.91. The molecule has 0 aliphatic carbocycles. The third kappa shape index (κ3) is 5.91. The molecule has 0 saturated heterocycles. The summed E-state index contributed by atoms with van der Waals surface area (Å²) in [6.45, 7) is 6.19. The Morgan fingerprint density at radius 3 is 2.59 bits per heavy atom. The standard InChI is InChI=1S/C25H32N4O5/c1-16-13-29(25(32)21-8-6-7-11-26-21)17(2)15-34-22-12-19(27-18(3)30)9-10-20(22)24(31)28(4)14-23(16)33-5/h6-12,16-17,23H,13-15H2,1-5H3,(H,27,30)/t16-,17-,23+/m1/s1. The SMILES string of the molecule is CO[C@H]1CN(C)C(=O)c2ccc(NC(C)=O)cc2OC[C@@H](C)N(C(=O)c2ccccn2)C[C@H]1C. The summed E-state index contributed by atoms with van der Waals surface area (Å²) in [7, 11) is 3.31. The van der Waals surface area contributed by atoms with Gasteiger partial charge in [-0.15, -0.1) is 0 Å². The van der Waals surface area contributed by atoms with Crippen LogP contribution in [0.5, 0.6) is 5.75 Å². The van der Waals surface area contributed by atoms with Gasteiger partial charge < -0.3 is 24.6 Å². The minimum atomic E-state index is -0.320. The number of methoxy groups -OCH3 is 1. The van der Waals surface area contributed by atoms with E-state index in [0.717, 1.165) is 0 Å². The molecular formula is C25H32N4O5. The Morgan fingerprint density at radius 1 is 1.18 bits per heavy atom. The molecule has 0 radical (unpaired) electrons. The van der Waals surface area contributed by atoms with E-state index >= 15 is 0 Å². The van der Waals surface area contributed by atoms with Crippen LogP contribution in [-0.2, 0) is 9.53 Å². The normalized spacial score (nSPS) is 21.6. The zero-order chi connectivity index (χ0) is 24.8. The van der Waals surface area contributed by atoms with E-state index < -0.39 is 0 Å². The van der Waals surface area contributed by atoms with Gasteiger partial charge in [0.2, 0.25) is 5.91 Å². The molecule has 9 heteroatoms. The van der Waals surface area contributed by atoms with Crippen LogP contribution in [0, 0.1) is 5.92 Å². The quantitative estimate of drug-likeness (QED) is 0.743. The van der Waals surface area contributed by atoms with Gasteiger partial charge >= 0.3 is 0 Å². The number of hydrogen-bond donors (Lipinski definition) is 1. The molecule has 2 heterocycles. The number of nitrogens with one attached hydrogen (secondary N) is 1. The lowest BCUT2D eigenvalue weighted by atomic mass is 10.0. The van der Waals surface area contributed by atoms with Crippen LogP contribution in [-0.4, -0.2) is 78.5 Å². The van der Waals surface area contributed by atoms with E-state index in [1.807, 2.05) is 13.8 Å². The van der Waals surface area contributed by atoms with Crippen molar-refractivity contribution in [1.82, 2.24) is 14.8 Å². The highest BCUT2D eigenvalue weighted by Gasteiger charge is 2.31. The van der Waals surface area contributed by atoms with E-state index in [2.05, 4.69) is 10.3 Å². The molecule has 182 valence electrons. The van der Waals surface area contributed by atoms with Gasteiger partial charge in [0.1, 0.15) is 18.1 Å². The number of fused-ring (bicyclic) bond motifs is 1. The fourth-order valence-electron chi connectivity index (χ4n) is 3.97. The van der Waals surface area contributed by atoms with Crippen LogP contribution in [0.3, 0.4) is 0 Å². The summed E-state index contributed by atoms with van der Waals surface area (Å²) in [6.07, 6.45) is 1.30. The number of nitrogens with zero attached hydrogens (tertiary/aromatic N) is 3. The van der Waals surface area contributed by atoms with Crippen LogP contribution >= 0.6 is 0 Å². The zero-order valence-corrected chi connectivity index (χ0v) is 20.3. The fraction of sp³-hybridized carbons (Fsp3) is 0.440. The lowest BCUT2D eigenvalue weighted by Crippen LogP contribution is -2.48. The van der Waals surface area contributed by atoms with Crippen LogP contribution in [0.2, 0.25) is 0 Å². The second-order valence-corrected chi connectivity index (χ2v) is 8.66. The highest BCUT2D eigenvalue weighted by atomic mass is 16.5. The lowest BCUT2D eigenvalue weighted by molar-refractivity contribution is -0.114. The summed E-state index contributed by atoms with van der Waals surface area (Å²) in [4.78, 5) is 45.6. The molecule has 9 nitrogen and oxygen atoms in total. The van der Waals surface area contributed by atoms with Gasteiger partial charge in [-0.1, -0.05) is 13.0 Å². The molecule has 1 aromatic carbocycles. The zero-order valence-electron chi connectivity index (χ0n) is 20.3. The summed E-state index contributed by atoms with van der Waals surface area (Å²) in [5, 5.41) is 2.71. The maximum absolute atomic E-state index is 13.4. The predicted octanol–water partition coefficient (Wildman–Crippen LogP) is 2.69. The van der Waals surface area contributed by atoms with Crippen molar-refractivity contribution in [3.63, 3.8) is 0 Å². The Labute approximate surface area is 200 Å². The smallest absolute Gasteiger partial charge is 0.272 e. The average Bonchev–Trinajstić information content (AvgIpc) is 2.82. The van der Waals surface area contributed by atoms with Crippen molar-refractivity contribution in [2.45, 2.75) is 32.9 Å².